The summed E-state index contributed by atoms with van der Waals surface area (Å²) in [6.07, 6.45) is 10.7. The second-order valence-electron chi connectivity index (χ2n) is 7.96. The number of H-pyrrole nitrogens is 2. The number of likely N-dealkylation sites (N-methyl/N-ethyl adjacent to an activating group) is 1. The van der Waals surface area contributed by atoms with Gasteiger partial charge in [-0.2, -0.15) is 5.10 Å². The third-order valence-corrected chi connectivity index (χ3v) is 5.79. The molecule has 0 atom stereocenters. The Morgan fingerprint density at radius 1 is 1.09 bits per heavy atom. The van der Waals surface area contributed by atoms with Gasteiger partial charge in [-0.1, -0.05) is 12.7 Å². The Balaban J connectivity index is 1.54. The molecule has 9 nitrogen and oxygen atoms in total. The first-order valence-corrected chi connectivity index (χ1v) is 10.6. The van der Waals surface area contributed by atoms with Gasteiger partial charge in [0, 0.05) is 61.6 Å². The maximum absolute atomic E-state index is 4.97. The van der Waals surface area contributed by atoms with Gasteiger partial charge in [-0.15, -0.1) is 0 Å². The fourth-order valence-corrected chi connectivity index (χ4v) is 4.01. The van der Waals surface area contributed by atoms with Crippen LogP contribution in [-0.2, 0) is 0 Å². The molecule has 5 heterocycles. The molecule has 0 spiro atoms. The van der Waals surface area contributed by atoms with Crippen molar-refractivity contribution in [3.05, 3.63) is 61.1 Å². The second kappa shape index (κ2) is 8.35. The van der Waals surface area contributed by atoms with E-state index in [1.54, 1.807) is 18.6 Å². The van der Waals surface area contributed by atoms with E-state index in [1.165, 1.54) is 6.33 Å². The number of aromatic nitrogens is 7. The van der Waals surface area contributed by atoms with Crippen molar-refractivity contribution in [1.29, 1.82) is 0 Å². The van der Waals surface area contributed by atoms with Crippen molar-refractivity contribution in [2.45, 2.75) is 6.92 Å². The monoisotopic (exact) mass is 427 g/mol. The van der Waals surface area contributed by atoms with Crippen LogP contribution in [0.2, 0.25) is 0 Å². The number of rotatable bonds is 5. The van der Waals surface area contributed by atoms with Crippen LogP contribution in [0.3, 0.4) is 0 Å². The van der Waals surface area contributed by atoms with Gasteiger partial charge >= 0.3 is 0 Å². The van der Waals surface area contributed by atoms with Gasteiger partial charge in [0.2, 0.25) is 0 Å². The van der Waals surface area contributed by atoms with Crippen LogP contribution >= 0.6 is 0 Å². The van der Waals surface area contributed by atoms with Gasteiger partial charge in [0.25, 0.3) is 0 Å². The highest BCUT2D eigenvalue weighted by molar-refractivity contribution is 5.92. The van der Waals surface area contributed by atoms with E-state index in [9.17, 15) is 0 Å². The minimum atomic E-state index is 0.636. The summed E-state index contributed by atoms with van der Waals surface area (Å²) in [5.74, 6) is 0.729. The van der Waals surface area contributed by atoms with E-state index in [-0.39, 0.29) is 0 Å². The molecule has 2 N–H and O–H groups in total. The van der Waals surface area contributed by atoms with Crippen LogP contribution in [0.4, 0.5) is 0 Å². The van der Waals surface area contributed by atoms with Crippen LogP contribution in [0.1, 0.15) is 11.4 Å². The summed E-state index contributed by atoms with van der Waals surface area (Å²) in [5, 5.41) is 8.37. The van der Waals surface area contributed by atoms with E-state index in [0.717, 1.165) is 71.3 Å². The molecule has 1 saturated heterocycles. The average molecular weight is 428 g/mol. The predicted octanol–water partition coefficient (Wildman–Crippen LogP) is 2.89. The number of hydrogen-bond donors (Lipinski definition) is 2. The van der Waals surface area contributed by atoms with Crippen LogP contribution in [0.5, 0.6) is 0 Å². The van der Waals surface area contributed by atoms with Crippen molar-refractivity contribution in [1.82, 2.24) is 44.9 Å². The first-order chi connectivity index (χ1) is 15.6. The summed E-state index contributed by atoms with van der Waals surface area (Å²) in [5.41, 5.74) is 6.26. The number of hydrogen-bond acceptors (Lipinski definition) is 7. The Bertz CT molecular complexity index is 1280. The van der Waals surface area contributed by atoms with Crippen molar-refractivity contribution in [3.8, 4) is 22.6 Å². The molecule has 0 aromatic carbocycles. The van der Waals surface area contributed by atoms with E-state index in [4.69, 9.17) is 4.98 Å². The average Bonchev–Trinajstić information content (AvgIpc) is 3.41. The number of aromatic amines is 2. The van der Waals surface area contributed by atoms with Crippen molar-refractivity contribution in [2.24, 2.45) is 0 Å². The number of nitrogens with zero attached hydrogens (tertiary/aromatic N) is 7. The Hall–Kier alpha value is -3.85. The van der Waals surface area contributed by atoms with Gasteiger partial charge in [0.15, 0.2) is 11.5 Å². The first-order valence-electron chi connectivity index (χ1n) is 10.6. The molecule has 162 valence electrons. The van der Waals surface area contributed by atoms with Crippen molar-refractivity contribution in [3.63, 3.8) is 0 Å². The molecule has 0 bridgehead atoms. The molecule has 1 aliphatic rings. The van der Waals surface area contributed by atoms with Crippen LogP contribution in [0.25, 0.3) is 39.4 Å². The molecule has 4 aromatic rings. The van der Waals surface area contributed by atoms with Gasteiger partial charge in [0.05, 0.1) is 11.1 Å². The summed E-state index contributed by atoms with van der Waals surface area (Å²) in [6.45, 7) is 9.91. The number of aryl methyl sites for hydroxylation is 1. The van der Waals surface area contributed by atoms with Gasteiger partial charge in [-0.25, -0.2) is 19.9 Å². The lowest BCUT2D eigenvalue weighted by atomic mass is 10.1. The lowest BCUT2D eigenvalue weighted by molar-refractivity contribution is 0.207. The standard InChI is InChI=1S/C23H25N9/c1-4-5-19(32-8-6-31(3)7-9-32)20-15(2)27-23(28-20)21-18-10-16(13-26-22(18)30-29-21)17-11-24-14-25-12-17/h4-5,10-14H,1,6-9H2,2-3H3,(H,27,28)(H,26,29,30)/b19-5+. The van der Waals surface area contributed by atoms with Gasteiger partial charge in [0.1, 0.15) is 17.7 Å². The highest BCUT2D eigenvalue weighted by atomic mass is 15.3. The molecular formula is C23H25N9. The number of nitrogens with one attached hydrogen (secondary N) is 2. The molecule has 32 heavy (non-hydrogen) atoms. The zero-order chi connectivity index (χ0) is 22.1. The van der Waals surface area contributed by atoms with Crippen molar-refractivity contribution >= 4 is 16.7 Å². The van der Waals surface area contributed by atoms with Crippen LogP contribution in [0, 0.1) is 6.92 Å². The fraction of sp³-hybridized carbons (Fsp3) is 0.261. The molecule has 1 aliphatic heterocycles. The number of pyridine rings is 1. The second-order valence-corrected chi connectivity index (χ2v) is 7.96. The summed E-state index contributed by atoms with van der Waals surface area (Å²) in [6, 6.07) is 2.04. The first kappa shape index (κ1) is 20.1. The smallest absolute Gasteiger partial charge is 0.181 e. The lowest BCUT2D eigenvalue weighted by Crippen LogP contribution is -2.43. The molecule has 0 saturated carbocycles. The van der Waals surface area contributed by atoms with Crippen LogP contribution < -0.4 is 0 Å². The quantitative estimate of drug-likeness (QED) is 0.472. The van der Waals surface area contributed by atoms with E-state index in [0.29, 0.717) is 5.65 Å². The maximum atomic E-state index is 4.97. The van der Waals surface area contributed by atoms with E-state index in [2.05, 4.69) is 53.6 Å². The molecule has 0 radical (unpaired) electrons. The molecule has 1 fully saturated rings. The number of imidazole rings is 1. The highest BCUT2D eigenvalue weighted by Crippen LogP contribution is 2.30. The molecule has 0 unspecified atom stereocenters. The largest absolute Gasteiger partial charge is 0.367 e. The van der Waals surface area contributed by atoms with Crippen LogP contribution in [0.15, 0.2) is 49.7 Å². The zero-order valence-electron chi connectivity index (χ0n) is 18.2. The van der Waals surface area contributed by atoms with Crippen LogP contribution in [-0.4, -0.2) is 78.1 Å². The summed E-state index contributed by atoms with van der Waals surface area (Å²) in [7, 11) is 2.15. The van der Waals surface area contributed by atoms with E-state index >= 15 is 0 Å². The zero-order valence-corrected chi connectivity index (χ0v) is 18.2. The van der Waals surface area contributed by atoms with Gasteiger partial charge < -0.3 is 14.8 Å². The molecule has 0 aliphatic carbocycles. The Labute approximate surface area is 185 Å². The normalized spacial score (nSPS) is 15.4. The SMILES string of the molecule is C=C/C=C(\c1nc(-c2[nH]nc3ncc(-c4cncnc4)cc23)[nH]c1C)N1CCN(C)CC1. The molecule has 5 rings (SSSR count). The minimum absolute atomic E-state index is 0.636. The number of allylic oxidation sites excluding steroid dienone is 2. The molecule has 4 aromatic heterocycles. The van der Waals surface area contributed by atoms with Crippen molar-refractivity contribution < 1.29 is 0 Å². The Morgan fingerprint density at radius 2 is 1.88 bits per heavy atom. The summed E-state index contributed by atoms with van der Waals surface area (Å²) in [4.78, 5) is 25.8. The third-order valence-electron chi connectivity index (χ3n) is 5.79. The molecular weight excluding hydrogens is 402 g/mol. The topological polar surface area (TPSA) is 103 Å². The van der Waals surface area contributed by atoms with Crippen molar-refractivity contribution in [2.75, 3.05) is 33.2 Å². The Kier molecular flexibility index (Phi) is 5.24. The van der Waals surface area contributed by atoms with E-state index in [1.807, 2.05) is 25.1 Å². The summed E-state index contributed by atoms with van der Waals surface area (Å²) >= 11 is 0. The number of piperazine rings is 1. The third kappa shape index (κ3) is 3.67. The van der Waals surface area contributed by atoms with Gasteiger partial charge in [-0.05, 0) is 26.1 Å². The fourth-order valence-electron chi connectivity index (χ4n) is 4.01. The highest BCUT2D eigenvalue weighted by Gasteiger charge is 2.22. The van der Waals surface area contributed by atoms with E-state index < -0.39 is 0 Å². The minimum Gasteiger partial charge on any atom is -0.367 e. The maximum Gasteiger partial charge on any atom is 0.181 e. The molecule has 0 amide bonds. The Morgan fingerprint density at radius 3 is 2.62 bits per heavy atom. The lowest BCUT2D eigenvalue weighted by Gasteiger charge is -2.35. The molecule has 9 heteroatoms. The predicted molar refractivity (Wildman–Crippen MR) is 124 cm³/mol. The number of fused-ring (bicyclic) bond motifs is 1. The summed E-state index contributed by atoms with van der Waals surface area (Å²) < 4.78 is 0. The van der Waals surface area contributed by atoms with Gasteiger partial charge in [-0.3, -0.25) is 5.10 Å².